The number of sulfonamides is 1. The molecule has 10 nitrogen and oxygen atoms in total. The van der Waals surface area contributed by atoms with Gasteiger partial charge in [0, 0.05) is 29.7 Å². The summed E-state index contributed by atoms with van der Waals surface area (Å²) in [4.78, 5) is 39.3. The fraction of sp³-hybridized carbons (Fsp3) is 0.310. The maximum absolute atomic E-state index is 14.0. The van der Waals surface area contributed by atoms with Gasteiger partial charge in [0.25, 0.3) is 15.7 Å². The zero-order valence-electron chi connectivity index (χ0n) is 22.5. The van der Waals surface area contributed by atoms with Gasteiger partial charge in [-0.2, -0.15) is 0 Å². The van der Waals surface area contributed by atoms with Gasteiger partial charge in [0.1, 0.15) is 12.6 Å². The number of nitrogens with zero attached hydrogens (tertiary/aromatic N) is 3. The van der Waals surface area contributed by atoms with Crippen LogP contribution in [0.4, 0.5) is 11.4 Å². The number of non-ortho nitro benzene ring substituents is 1. The van der Waals surface area contributed by atoms with Gasteiger partial charge in [-0.3, -0.25) is 24.0 Å². The van der Waals surface area contributed by atoms with Crippen molar-refractivity contribution in [3.8, 4) is 0 Å². The number of nitrogens with one attached hydrogen (secondary N) is 1. The van der Waals surface area contributed by atoms with Gasteiger partial charge in [0.2, 0.25) is 11.8 Å². The van der Waals surface area contributed by atoms with E-state index in [2.05, 4.69) is 5.32 Å². The molecule has 4 rings (SSSR count). The molecule has 0 spiro atoms. The van der Waals surface area contributed by atoms with Crippen molar-refractivity contribution in [3.63, 3.8) is 0 Å². The van der Waals surface area contributed by atoms with E-state index in [4.69, 9.17) is 11.6 Å². The quantitative estimate of drug-likeness (QED) is 0.246. The van der Waals surface area contributed by atoms with Crippen molar-refractivity contribution in [1.82, 2.24) is 10.2 Å². The molecule has 41 heavy (non-hydrogen) atoms. The van der Waals surface area contributed by atoms with Gasteiger partial charge in [-0.1, -0.05) is 60.8 Å². The molecule has 0 aliphatic heterocycles. The smallest absolute Gasteiger partial charge is 0.271 e. The molecule has 0 saturated heterocycles. The molecule has 216 valence electrons. The second-order valence-corrected chi connectivity index (χ2v) is 12.2. The summed E-state index contributed by atoms with van der Waals surface area (Å²) in [5.41, 5.74) is 0.268. The van der Waals surface area contributed by atoms with Crippen molar-refractivity contribution in [2.45, 2.75) is 56.1 Å². The molecule has 2 amide bonds. The number of nitro groups is 1. The summed E-state index contributed by atoms with van der Waals surface area (Å²) in [6.45, 7) is 0.892. The molecule has 12 heteroatoms. The largest absolute Gasteiger partial charge is 0.352 e. The summed E-state index contributed by atoms with van der Waals surface area (Å²) in [6, 6.07) is 18.5. The fourth-order valence-corrected chi connectivity index (χ4v) is 6.46. The Morgan fingerprint density at radius 1 is 1.02 bits per heavy atom. The first-order chi connectivity index (χ1) is 19.6. The van der Waals surface area contributed by atoms with Gasteiger partial charge >= 0.3 is 0 Å². The Balaban J connectivity index is 1.71. The van der Waals surface area contributed by atoms with E-state index in [1.54, 1.807) is 49.4 Å². The van der Waals surface area contributed by atoms with Gasteiger partial charge < -0.3 is 10.2 Å². The monoisotopic (exact) mass is 598 g/mol. The van der Waals surface area contributed by atoms with Gasteiger partial charge in [0.05, 0.1) is 15.5 Å². The third-order valence-corrected chi connectivity index (χ3v) is 9.07. The number of hydrogen-bond donors (Lipinski definition) is 1. The fourth-order valence-electron chi connectivity index (χ4n) is 4.82. The van der Waals surface area contributed by atoms with Crippen molar-refractivity contribution in [1.29, 1.82) is 0 Å². The number of anilines is 1. The zero-order chi connectivity index (χ0) is 29.6. The van der Waals surface area contributed by atoms with Gasteiger partial charge in [-0.15, -0.1) is 0 Å². The van der Waals surface area contributed by atoms with Crippen LogP contribution in [-0.2, 0) is 26.2 Å². The highest BCUT2D eigenvalue weighted by molar-refractivity contribution is 7.92. The average Bonchev–Trinajstić information content (AvgIpc) is 3.47. The lowest BCUT2D eigenvalue weighted by molar-refractivity contribution is -0.384. The molecule has 3 aromatic rings. The molecule has 1 aliphatic rings. The van der Waals surface area contributed by atoms with E-state index in [9.17, 15) is 28.1 Å². The molecule has 1 N–H and O–H groups in total. The highest BCUT2D eigenvalue weighted by Crippen LogP contribution is 2.28. The Kier molecular flexibility index (Phi) is 9.61. The second kappa shape index (κ2) is 13.1. The Morgan fingerprint density at radius 3 is 2.37 bits per heavy atom. The number of hydrogen-bond acceptors (Lipinski definition) is 6. The van der Waals surface area contributed by atoms with E-state index in [-0.39, 0.29) is 34.8 Å². The Morgan fingerprint density at radius 2 is 1.71 bits per heavy atom. The van der Waals surface area contributed by atoms with Crippen LogP contribution in [0.25, 0.3) is 0 Å². The lowest BCUT2D eigenvalue weighted by Crippen LogP contribution is -2.52. The first kappa shape index (κ1) is 30.0. The van der Waals surface area contributed by atoms with E-state index in [0.29, 0.717) is 10.6 Å². The molecule has 1 fully saturated rings. The lowest BCUT2D eigenvalue weighted by atomic mass is 10.1. The van der Waals surface area contributed by atoms with E-state index in [1.807, 2.05) is 0 Å². The predicted octanol–water partition coefficient (Wildman–Crippen LogP) is 4.92. The van der Waals surface area contributed by atoms with Crippen LogP contribution in [0, 0.1) is 10.1 Å². The summed E-state index contributed by atoms with van der Waals surface area (Å²) >= 11 is 6.17. The Hall–Kier alpha value is -3.96. The lowest BCUT2D eigenvalue weighted by Gasteiger charge is -2.32. The number of nitro benzene ring substituents is 1. The summed E-state index contributed by atoms with van der Waals surface area (Å²) in [7, 11) is -4.33. The summed E-state index contributed by atoms with van der Waals surface area (Å²) in [5.74, 6) is -1.01. The van der Waals surface area contributed by atoms with Crippen LogP contribution in [-0.4, -0.2) is 48.7 Å². The van der Waals surface area contributed by atoms with Crippen LogP contribution in [0.3, 0.4) is 0 Å². The van der Waals surface area contributed by atoms with Crippen LogP contribution >= 0.6 is 11.6 Å². The number of carbonyl (C=O) groups excluding carboxylic acids is 2. The highest BCUT2D eigenvalue weighted by atomic mass is 35.5. The third-order valence-electron chi connectivity index (χ3n) is 7.05. The minimum atomic E-state index is -4.33. The summed E-state index contributed by atoms with van der Waals surface area (Å²) in [6.07, 6.45) is 3.74. The molecule has 0 radical (unpaired) electrons. The zero-order valence-corrected chi connectivity index (χ0v) is 24.1. The third kappa shape index (κ3) is 7.42. The topological polar surface area (TPSA) is 130 Å². The number of amides is 2. The standard InChI is InChI=1S/C29H31ClN4O6S/c1-21(29(36)31-24-11-5-6-12-24)32(19-22-9-7-10-23(30)17-22)28(35)20-33(25-13-8-14-26(18-25)34(37)38)41(39,40)27-15-3-2-4-16-27/h2-4,7-10,13-18,21,24H,5-6,11-12,19-20H2,1H3,(H,31,36). The number of benzene rings is 3. The average molecular weight is 599 g/mol. The van der Waals surface area contributed by atoms with Gasteiger partial charge in [0.15, 0.2) is 0 Å². The summed E-state index contributed by atoms with van der Waals surface area (Å²) < 4.78 is 28.4. The number of halogens is 1. The van der Waals surface area contributed by atoms with Crippen molar-refractivity contribution >= 4 is 44.8 Å². The first-order valence-electron chi connectivity index (χ1n) is 13.2. The van der Waals surface area contributed by atoms with Crippen molar-refractivity contribution in [3.05, 3.63) is 99.6 Å². The van der Waals surface area contributed by atoms with Gasteiger partial charge in [-0.05, 0) is 55.7 Å². The minimum Gasteiger partial charge on any atom is -0.352 e. The van der Waals surface area contributed by atoms with Crippen molar-refractivity contribution in [2.75, 3.05) is 10.8 Å². The van der Waals surface area contributed by atoms with E-state index in [0.717, 1.165) is 36.1 Å². The van der Waals surface area contributed by atoms with Crippen molar-refractivity contribution < 1.29 is 22.9 Å². The molecule has 3 aromatic carbocycles. The summed E-state index contributed by atoms with van der Waals surface area (Å²) in [5, 5.41) is 14.9. The molecule has 0 aromatic heterocycles. The van der Waals surface area contributed by atoms with E-state index in [1.165, 1.54) is 35.2 Å². The molecular weight excluding hydrogens is 568 g/mol. The Labute approximate surface area is 244 Å². The van der Waals surface area contributed by atoms with Crippen LogP contribution < -0.4 is 9.62 Å². The SMILES string of the molecule is CC(C(=O)NC1CCCC1)N(Cc1cccc(Cl)c1)C(=O)CN(c1cccc([N+](=O)[O-])c1)S(=O)(=O)c1ccccc1. The van der Waals surface area contributed by atoms with Crippen molar-refractivity contribution in [2.24, 2.45) is 0 Å². The normalized spacial score (nSPS) is 14.3. The maximum Gasteiger partial charge on any atom is 0.271 e. The van der Waals surface area contributed by atoms with Crippen LogP contribution in [0.5, 0.6) is 0 Å². The second-order valence-electron chi connectivity index (χ2n) is 9.92. The maximum atomic E-state index is 14.0. The Bertz CT molecular complexity index is 1510. The molecule has 0 bridgehead atoms. The van der Waals surface area contributed by atoms with Gasteiger partial charge in [-0.25, -0.2) is 8.42 Å². The number of rotatable bonds is 11. The van der Waals surface area contributed by atoms with E-state index >= 15 is 0 Å². The molecule has 1 aliphatic carbocycles. The molecule has 1 atom stereocenters. The number of carbonyl (C=O) groups is 2. The minimum absolute atomic E-state index is 0.00713. The molecular formula is C29H31ClN4O6S. The predicted molar refractivity (Wildman–Crippen MR) is 156 cm³/mol. The first-order valence-corrected chi connectivity index (χ1v) is 15.0. The van der Waals surface area contributed by atoms with Crippen LogP contribution in [0.2, 0.25) is 5.02 Å². The van der Waals surface area contributed by atoms with E-state index < -0.39 is 33.4 Å². The van der Waals surface area contributed by atoms with Crippen LogP contribution in [0.15, 0.2) is 83.8 Å². The highest BCUT2D eigenvalue weighted by Gasteiger charge is 2.33. The van der Waals surface area contributed by atoms with Crippen LogP contribution in [0.1, 0.15) is 38.2 Å². The molecule has 0 heterocycles. The molecule has 1 unspecified atom stereocenters. The molecule has 1 saturated carbocycles.